The number of hydrogen-bond acceptors (Lipinski definition) is 1. The van der Waals surface area contributed by atoms with Crippen molar-refractivity contribution in [2.75, 3.05) is 0 Å². The van der Waals surface area contributed by atoms with E-state index in [1.54, 1.807) is 6.92 Å². The molecule has 2 aliphatic rings. The molecule has 1 saturated carbocycles. The first-order valence-electron chi connectivity index (χ1n) is 5.08. The van der Waals surface area contributed by atoms with Gasteiger partial charge in [-0.05, 0) is 32.6 Å². The first kappa shape index (κ1) is 8.97. The molecule has 1 saturated heterocycles. The monoisotopic (exact) mass is 185 g/mol. The number of piperidine rings is 1. The molecule has 1 amide bonds. The second-order valence-electron chi connectivity index (χ2n) is 4.49. The van der Waals surface area contributed by atoms with Crippen molar-refractivity contribution in [1.82, 2.24) is 5.32 Å². The van der Waals surface area contributed by atoms with Crippen LogP contribution >= 0.6 is 0 Å². The Labute approximate surface area is 77.9 Å². The Morgan fingerprint density at radius 1 is 1.54 bits per heavy atom. The van der Waals surface area contributed by atoms with Gasteiger partial charge in [-0.25, -0.2) is 4.39 Å². The summed E-state index contributed by atoms with van der Waals surface area (Å²) in [6.07, 6.45) is 3.73. The van der Waals surface area contributed by atoms with Gasteiger partial charge in [0.2, 0.25) is 5.91 Å². The number of rotatable bonds is 0. The fourth-order valence-electron chi connectivity index (χ4n) is 2.71. The molecule has 1 unspecified atom stereocenters. The Morgan fingerprint density at radius 3 is 3.08 bits per heavy atom. The highest BCUT2D eigenvalue weighted by Gasteiger charge is 2.44. The van der Waals surface area contributed by atoms with Crippen LogP contribution in [0.15, 0.2) is 0 Å². The topological polar surface area (TPSA) is 29.1 Å². The molecule has 1 N–H and O–H groups in total. The molecular weight excluding hydrogens is 169 g/mol. The van der Waals surface area contributed by atoms with E-state index in [0.29, 0.717) is 12.8 Å². The molecule has 1 aliphatic heterocycles. The highest BCUT2D eigenvalue weighted by atomic mass is 19.1. The predicted octanol–water partition coefficient (Wildman–Crippen LogP) is 1.79. The molecule has 0 aromatic rings. The van der Waals surface area contributed by atoms with Gasteiger partial charge in [0, 0.05) is 18.4 Å². The van der Waals surface area contributed by atoms with Gasteiger partial charge in [0.25, 0.3) is 0 Å². The summed E-state index contributed by atoms with van der Waals surface area (Å²) in [5.74, 6) is 0.151. The minimum absolute atomic E-state index is 0.0546. The molecule has 1 heterocycles. The van der Waals surface area contributed by atoms with Crippen LogP contribution in [0.25, 0.3) is 0 Å². The normalized spacial score (nSPS) is 45.2. The molecule has 0 radical (unpaired) electrons. The first-order valence-corrected chi connectivity index (χ1v) is 5.08. The second-order valence-corrected chi connectivity index (χ2v) is 4.49. The van der Waals surface area contributed by atoms with E-state index in [1.807, 2.05) is 0 Å². The van der Waals surface area contributed by atoms with E-state index in [1.165, 1.54) is 0 Å². The lowest BCUT2D eigenvalue weighted by molar-refractivity contribution is -0.127. The summed E-state index contributed by atoms with van der Waals surface area (Å²) in [5.41, 5.74) is -1.06. The van der Waals surface area contributed by atoms with Crippen molar-refractivity contribution in [1.29, 1.82) is 0 Å². The fourth-order valence-corrected chi connectivity index (χ4v) is 2.71. The SMILES string of the molecule is CC1(F)CCC[C@H]2NC(=O)CC[C@H]21. The molecule has 0 aromatic heterocycles. The van der Waals surface area contributed by atoms with Crippen molar-refractivity contribution in [2.24, 2.45) is 5.92 Å². The summed E-state index contributed by atoms with van der Waals surface area (Å²) in [4.78, 5) is 11.1. The third-order valence-electron chi connectivity index (χ3n) is 3.47. The lowest BCUT2D eigenvalue weighted by Crippen LogP contribution is -2.54. The maximum Gasteiger partial charge on any atom is 0.220 e. The van der Waals surface area contributed by atoms with Crippen LogP contribution < -0.4 is 5.32 Å². The molecule has 0 spiro atoms. The molecule has 3 heteroatoms. The molecule has 74 valence electrons. The average Bonchev–Trinajstić information content (AvgIpc) is 2.02. The van der Waals surface area contributed by atoms with Crippen LogP contribution in [-0.2, 0) is 4.79 Å². The van der Waals surface area contributed by atoms with Crippen LogP contribution in [0.1, 0.15) is 39.0 Å². The number of carbonyl (C=O) groups excluding carboxylic acids is 1. The largest absolute Gasteiger partial charge is 0.353 e. The maximum atomic E-state index is 14.0. The van der Waals surface area contributed by atoms with Gasteiger partial charge in [0.15, 0.2) is 0 Å². The van der Waals surface area contributed by atoms with Crippen LogP contribution in [0, 0.1) is 5.92 Å². The summed E-state index contributed by atoms with van der Waals surface area (Å²) in [5, 5.41) is 2.89. The predicted molar refractivity (Wildman–Crippen MR) is 48.0 cm³/mol. The van der Waals surface area contributed by atoms with Crippen molar-refractivity contribution in [3.05, 3.63) is 0 Å². The Hall–Kier alpha value is -0.600. The van der Waals surface area contributed by atoms with Crippen LogP contribution in [0.3, 0.4) is 0 Å². The van der Waals surface area contributed by atoms with Crippen molar-refractivity contribution < 1.29 is 9.18 Å². The van der Waals surface area contributed by atoms with Gasteiger partial charge in [-0.15, -0.1) is 0 Å². The quantitative estimate of drug-likeness (QED) is 0.612. The summed E-state index contributed by atoms with van der Waals surface area (Å²) in [6, 6.07) is 0.102. The number of halogens is 1. The number of carbonyl (C=O) groups is 1. The minimum Gasteiger partial charge on any atom is -0.353 e. The van der Waals surface area contributed by atoms with Gasteiger partial charge in [-0.2, -0.15) is 0 Å². The lowest BCUT2D eigenvalue weighted by atomic mass is 9.71. The van der Waals surface area contributed by atoms with Crippen molar-refractivity contribution in [3.63, 3.8) is 0 Å². The molecule has 13 heavy (non-hydrogen) atoms. The van der Waals surface area contributed by atoms with Crippen molar-refractivity contribution >= 4 is 5.91 Å². The summed E-state index contributed by atoms with van der Waals surface area (Å²) < 4.78 is 14.0. The zero-order valence-corrected chi connectivity index (χ0v) is 7.98. The van der Waals surface area contributed by atoms with E-state index < -0.39 is 5.67 Å². The standard InChI is InChI=1S/C10H16FNO/c1-10(11)6-2-3-8-7(10)4-5-9(13)12-8/h7-8H,2-6H2,1H3,(H,12,13)/t7-,8-,10?/m1/s1. The maximum absolute atomic E-state index is 14.0. The van der Waals surface area contributed by atoms with Crippen molar-refractivity contribution in [3.8, 4) is 0 Å². The molecular formula is C10H16FNO. The van der Waals surface area contributed by atoms with E-state index in [4.69, 9.17) is 0 Å². The first-order chi connectivity index (χ1) is 6.09. The fraction of sp³-hybridized carbons (Fsp3) is 0.900. The van der Waals surface area contributed by atoms with Gasteiger partial charge in [-0.1, -0.05) is 0 Å². The third-order valence-corrected chi connectivity index (χ3v) is 3.47. The Morgan fingerprint density at radius 2 is 2.31 bits per heavy atom. The second kappa shape index (κ2) is 2.96. The van der Waals surface area contributed by atoms with Gasteiger partial charge in [-0.3, -0.25) is 4.79 Å². The van der Waals surface area contributed by atoms with Crippen LogP contribution in [-0.4, -0.2) is 17.6 Å². The number of fused-ring (bicyclic) bond motifs is 1. The van der Waals surface area contributed by atoms with Gasteiger partial charge in [0.1, 0.15) is 5.67 Å². The lowest BCUT2D eigenvalue weighted by Gasteiger charge is -2.43. The molecule has 1 aliphatic carbocycles. The van der Waals surface area contributed by atoms with E-state index in [9.17, 15) is 9.18 Å². The van der Waals surface area contributed by atoms with E-state index >= 15 is 0 Å². The smallest absolute Gasteiger partial charge is 0.220 e. The van der Waals surface area contributed by atoms with Crippen LogP contribution in [0.2, 0.25) is 0 Å². The van der Waals surface area contributed by atoms with Crippen LogP contribution in [0.5, 0.6) is 0 Å². The summed E-state index contributed by atoms with van der Waals surface area (Å²) in [7, 11) is 0. The summed E-state index contributed by atoms with van der Waals surface area (Å²) in [6.45, 7) is 1.68. The highest BCUT2D eigenvalue weighted by Crippen LogP contribution is 2.41. The zero-order valence-electron chi connectivity index (χ0n) is 7.98. The van der Waals surface area contributed by atoms with E-state index in [0.717, 1.165) is 19.3 Å². The minimum atomic E-state index is -1.06. The van der Waals surface area contributed by atoms with Gasteiger partial charge in [0.05, 0.1) is 0 Å². The molecule has 2 fully saturated rings. The number of alkyl halides is 1. The number of hydrogen-bond donors (Lipinski definition) is 1. The number of nitrogens with one attached hydrogen (secondary N) is 1. The third kappa shape index (κ3) is 1.56. The molecule has 0 bridgehead atoms. The Balaban J connectivity index is 2.12. The molecule has 0 aromatic carbocycles. The van der Waals surface area contributed by atoms with Gasteiger partial charge < -0.3 is 5.32 Å². The zero-order chi connectivity index (χ0) is 9.47. The van der Waals surface area contributed by atoms with Crippen molar-refractivity contribution in [2.45, 2.75) is 50.7 Å². The Kier molecular flexibility index (Phi) is 2.05. The average molecular weight is 185 g/mol. The van der Waals surface area contributed by atoms with E-state index in [-0.39, 0.29) is 17.9 Å². The molecule has 2 rings (SSSR count). The molecule has 2 nitrogen and oxygen atoms in total. The van der Waals surface area contributed by atoms with Gasteiger partial charge >= 0.3 is 0 Å². The Bertz CT molecular complexity index is 227. The summed E-state index contributed by atoms with van der Waals surface area (Å²) >= 11 is 0. The van der Waals surface area contributed by atoms with E-state index in [2.05, 4.69) is 5.32 Å². The van der Waals surface area contributed by atoms with Crippen LogP contribution in [0.4, 0.5) is 4.39 Å². The highest BCUT2D eigenvalue weighted by molar-refractivity contribution is 5.77. The molecule has 3 atom stereocenters. The number of amides is 1.